The van der Waals surface area contributed by atoms with Crippen molar-refractivity contribution in [3.8, 4) is 5.75 Å². The number of carbonyl (C=O) groups excluding carboxylic acids is 1. The highest BCUT2D eigenvalue weighted by molar-refractivity contribution is 6.30. The number of methoxy groups -OCH3 is 1. The molecule has 4 nitrogen and oxygen atoms in total. The summed E-state index contributed by atoms with van der Waals surface area (Å²) in [6.07, 6.45) is 0.241. The number of hydrogen-bond donors (Lipinski definition) is 0. The van der Waals surface area contributed by atoms with Crippen LogP contribution < -0.4 is 4.74 Å². The first-order valence-electron chi connectivity index (χ1n) is 6.30. The van der Waals surface area contributed by atoms with E-state index in [0.717, 1.165) is 16.8 Å². The van der Waals surface area contributed by atoms with E-state index in [1.165, 1.54) is 0 Å². The second kappa shape index (κ2) is 5.67. The lowest BCUT2D eigenvalue weighted by molar-refractivity contribution is 0.0992. The van der Waals surface area contributed by atoms with Crippen LogP contribution >= 0.6 is 11.6 Å². The molecule has 1 aromatic carbocycles. The van der Waals surface area contributed by atoms with Gasteiger partial charge in [0.2, 0.25) is 0 Å². The van der Waals surface area contributed by atoms with Gasteiger partial charge in [0.25, 0.3) is 0 Å². The molecule has 1 aromatic heterocycles. The molecule has 0 aliphatic carbocycles. The Hall–Kier alpha value is -1.81. The molecule has 0 radical (unpaired) electrons. The van der Waals surface area contributed by atoms with Gasteiger partial charge >= 0.3 is 0 Å². The molecule has 0 saturated carbocycles. The standard InChI is InChI=1S/C15H17ClN2O2/c1-9-5-6-11(7-14(9)20-4)13(19)8-12-10(2)17-18(3)15(12)16/h5-7H,8H2,1-4H3. The molecule has 0 spiro atoms. The molecule has 0 bridgehead atoms. The second-order valence-electron chi connectivity index (χ2n) is 4.76. The first-order valence-corrected chi connectivity index (χ1v) is 6.67. The van der Waals surface area contributed by atoms with Gasteiger partial charge in [-0.15, -0.1) is 0 Å². The smallest absolute Gasteiger partial charge is 0.167 e. The van der Waals surface area contributed by atoms with Gasteiger partial charge in [0, 0.05) is 24.6 Å². The van der Waals surface area contributed by atoms with Crippen LogP contribution in [0.25, 0.3) is 0 Å². The molecule has 20 heavy (non-hydrogen) atoms. The Morgan fingerprint density at radius 2 is 2.10 bits per heavy atom. The van der Waals surface area contributed by atoms with Gasteiger partial charge in [0.05, 0.1) is 12.8 Å². The van der Waals surface area contributed by atoms with Crippen molar-refractivity contribution in [3.63, 3.8) is 0 Å². The Bertz CT molecular complexity index is 662. The number of aromatic nitrogens is 2. The summed E-state index contributed by atoms with van der Waals surface area (Å²) in [5, 5.41) is 4.72. The quantitative estimate of drug-likeness (QED) is 0.813. The molecule has 1 heterocycles. The van der Waals surface area contributed by atoms with Crippen LogP contribution in [0.2, 0.25) is 5.15 Å². The Kier molecular flexibility index (Phi) is 4.14. The summed E-state index contributed by atoms with van der Waals surface area (Å²) in [6, 6.07) is 5.45. The predicted molar refractivity (Wildman–Crippen MR) is 78.7 cm³/mol. The third-order valence-corrected chi connectivity index (χ3v) is 3.81. The summed E-state index contributed by atoms with van der Waals surface area (Å²) < 4.78 is 6.82. The van der Waals surface area contributed by atoms with Crippen LogP contribution in [0.5, 0.6) is 5.75 Å². The summed E-state index contributed by atoms with van der Waals surface area (Å²) in [7, 11) is 3.36. The third kappa shape index (κ3) is 2.70. The van der Waals surface area contributed by atoms with Crippen molar-refractivity contribution in [2.75, 3.05) is 7.11 Å². The number of ketones is 1. The molecule has 0 N–H and O–H groups in total. The van der Waals surface area contributed by atoms with E-state index in [0.29, 0.717) is 16.5 Å². The topological polar surface area (TPSA) is 44.1 Å². The van der Waals surface area contributed by atoms with Crippen LogP contribution in [-0.4, -0.2) is 22.7 Å². The second-order valence-corrected chi connectivity index (χ2v) is 5.12. The molecule has 0 unspecified atom stereocenters. The van der Waals surface area contributed by atoms with Gasteiger partial charge in [-0.3, -0.25) is 9.48 Å². The Labute approximate surface area is 123 Å². The number of aryl methyl sites for hydroxylation is 3. The van der Waals surface area contributed by atoms with Crippen LogP contribution in [0, 0.1) is 13.8 Å². The van der Waals surface area contributed by atoms with E-state index in [1.807, 2.05) is 19.9 Å². The van der Waals surface area contributed by atoms with E-state index in [4.69, 9.17) is 16.3 Å². The van der Waals surface area contributed by atoms with Crippen molar-refractivity contribution in [1.29, 1.82) is 0 Å². The van der Waals surface area contributed by atoms with Crippen LogP contribution in [0.4, 0.5) is 0 Å². The molecule has 2 rings (SSSR count). The molecule has 5 heteroatoms. The van der Waals surface area contributed by atoms with Crippen LogP contribution in [-0.2, 0) is 13.5 Å². The number of rotatable bonds is 4. The highest BCUT2D eigenvalue weighted by Crippen LogP contribution is 2.23. The normalized spacial score (nSPS) is 10.7. The van der Waals surface area contributed by atoms with Crippen molar-refractivity contribution in [3.05, 3.63) is 45.7 Å². The minimum Gasteiger partial charge on any atom is -0.496 e. The molecule has 0 aliphatic rings. The van der Waals surface area contributed by atoms with Gasteiger partial charge in [0.15, 0.2) is 5.78 Å². The molecule has 106 valence electrons. The van der Waals surface area contributed by atoms with Crippen molar-refractivity contribution in [1.82, 2.24) is 9.78 Å². The molecule has 0 aliphatic heterocycles. The van der Waals surface area contributed by atoms with Crippen LogP contribution in [0.15, 0.2) is 18.2 Å². The van der Waals surface area contributed by atoms with Crippen LogP contribution in [0.1, 0.15) is 27.2 Å². The number of ether oxygens (including phenoxy) is 1. The SMILES string of the molecule is COc1cc(C(=O)Cc2c(C)nn(C)c2Cl)ccc1C. The van der Waals surface area contributed by atoms with Gasteiger partial charge < -0.3 is 4.74 Å². The van der Waals surface area contributed by atoms with E-state index < -0.39 is 0 Å². The van der Waals surface area contributed by atoms with E-state index in [1.54, 1.807) is 31.0 Å². The molecule has 2 aromatic rings. The average molecular weight is 293 g/mol. The number of carbonyl (C=O) groups is 1. The van der Waals surface area contributed by atoms with Crippen LogP contribution in [0.3, 0.4) is 0 Å². The summed E-state index contributed by atoms with van der Waals surface area (Å²) in [5.74, 6) is 0.714. The molecule has 0 amide bonds. The molecule has 0 fully saturated rings. The number of halogens is 1. The fraction of sp³-hybridized carbons (Fsp3) is 0.333. The third-order valence-electron chi connectivity index (χ3n) is 3.34. The molecule has 0 saturated heterocycles. The lowest BCUT2D eigenvalue weighted by Crippen LogP contribution is -2.05. The summed E-state index contributed by atoms with van der Waals surface area (Å²) in [6.45, 7) is 3.79. The first kappa shape index (κ1) is 14.6. The van der Waals surface area contributed by atoms with Gasteiger partial charge in [0.1, 0.15) is 10.9 Å². The van der Waals surface area contributed by atoms with Crippen molar-refractivity contribution in [2.24, 2.45) is 7.05 Å². The zero-order valence-corrected chi connectivity index (χ0v) is 12.8. The van der Waals surface area contributed by atoms with Crippen molar-refractivity contribution in [2.45, 2.75) is 20.3 Å². The molecule has 0 atom stereocenters. The highest BCUT2D eigenvalue weighted by atomic mass is 35.5. The number of Topliss-reactive ketones (excluding diaryl/α,β-unsaturated/α-hetero) is 1. The summed E-state index contributed by atoms with van der Waals surface area (Å²) in [4.78, 5) is 12.4. The zero-order valence-electron chi connectivity index (χ0n) is 12.0. The summed E-state index contributed by atoms with van der Waals surface area (Å²) in [5.41, 5.74) is 3.18. The van der Waals surface area contributed by atoms with Gasteiger partial charge in [-0.05, 0) is 25.5 Å². The van der Waals surface area contributed by atoms with Gasteiger partial charge in [-0.1, -0.05) is 23.7 Å². The van der Waals surface area contributed by atoms with Crippen molar-refractivity contribution < 1.29 is 9.53 Å². The van der Waals surface area contributed by atoms with E-state index in [9.17, 15) is 4.79 Å². The Morgan fingerprint density at radius 1 is 1.40 bits per heavy atom. The average Bonchev–Trinajstić information content (AvgIpc) is 2.66. The summed E-state index contributed by atoms with van der Waals surface area (Å²) >= 11 is 6.15. The maximum Gasteiger partial charge on any atom is 0.167 e. The largest absolute Gasteiger partial charge is 0.496 e. The fourth-order valence-electron chi connectivity index (χ4n) is 2.13. The minimum atomic E-state index is 0.00120. The maximum absolute atomic E-state index is 12.4. The van der Waals surface area contributed by atoms with E-state index in [-0.39, 0.29) is 12.2 Å². The van der Waals surface area contributed by atoms with Gasteiger partial charge in [-0.25, -0.2) is 0 Å². The zero-order chi connectivity index (χ0) is 14.9. The molecular weight excluding hydrogens is 276 g/mol. The number of hydrogen-bond acceptors (Lipinski definition) is 3. The lowest BCUT2D eigenvalue weighted by Gasteiger charge is -2.07. The van der Waals surface area contributed by atoms with E-state index >= 15 is 0 Å². The highest BCUT2D eigenvalue weighted by Gasteiger charge is 2.16. The maximum atomic E-state index is 12.4. The lowest BCUT2D eigenvalue weighted by atomic mass is 10.0. The van der Waals surface area contributed by atoms with Gasteiger partial charge in [-0.2, -0.15) is 5.10 Å². The first-order chi connectivity index (χ1) is 9.43. The minimum absolute atomic E-state index is 0.00120. The number of benzene rings is 1. The predicted octanol–water partition coefficient (Wildman–Crippen LogP) is 3.12. The number of nitrogens with zero attached hydrogens (tertiary/aromatic N) is 2. The molecular formula is C15H17ClN2O2. The Morgan fingerprint density at radius 3 is 2.65 bits per heavy atom. The monoisotopic (exact) mass is 292 g/mol. The fourth-order valence-corrected chi connectivity index (χ4v) is 2.37. The van der Waals surface area contributed by atoms with Crippen molar-refractivity contribution >= 4 is 17.4 Å². The Balaban J connectivity index is 2.28. The van der Waals surface area contributed by atoms with E-state index in [2.05, 4.69) is 5.10 Å².